The standard InChI is InChI=1S/C16H26N4O3/c1-2-3-6-13(16(22)23)19-14-8-15(18-11-17-14)20-7-4-5-12(9-20)10-21/h8,11-13,21H,2-7,9-10H2,1H3,(H,22,23)(H,17,18,19). The normalized spacial score (nSPS) is 19.4. The van der Waals surface area contributed by atoms with Gasteiger partial charge in [0.1, 0.15) is 24.0 Å². The molecule has 128 valence electrons. The van der Waals surface area contributed by atoms with Crippen LogP contribution in [-0.4, -0.2) is 51.9 Å². The van der Waals surface area contributed by atoms with E-state index in [0.29, 0.717) is 12.2 Å². The third kappa shape index (κ3) is 5.06. The summed E-state index contributed by atoms with van der Waals surface area (Å²) in [7, 11) is 0. The lowest BCUT2D eigenvalue weighted by atomic mass is 9.99. The predicted octanol–water partition coefficient (Wildman–Crippen LogP) is 1.74. The maximum Gasteiger partial charge on any atom is 0.326 e. The number of aliphatic hydroxyl groups excluding tert-OH is 1. The molecule has 7 nitrogen and oxygen atoms in total. The number of unbranched alkanes of at least 4 members (excludes halogenated alkanes) is 1. The predicted molar refractivity (Wildman–Crippen MR) is 88.6 cm³/mol. The van der Waals surface area contributed by atoms with Crippen molar-refractivity contribution in [3.63, 3.8) is 0 Å². The van der Waals surface area contributed by atoms with Gasteiger partial charge in [-0.1, -0.05) is 19.8 Å². The van der Waals surface area contributed by atoms with Crippen molar-refractivity contribution in [3.8, 4) is 0 Å². The molecule has 1 aromatic rings. The van der Waals surface area contributed by atoms with Crippen LogP contribution in [-0.2, 0) is 4.79 Å². The lowest BCUT2D eigenvalue weighted by molar-refractivity contribution is -0.138. The molecule has 0 aromatic carbocycles. The Morgan fingerprint density at radius 3 is 3.04 bits per heavy atom. The Kier molecular flexibility index (Phi) is 6.58. The molecule has 3 N–H and O–H groups in total. The molecule has 2 heterocycles. The number of carboxylic acid groups (broad SMARTS) is 1. The van der Waals surface area contributed by atoms with Gasteiger partial charge in [-0.2, -0.15) is 0 Å². The van der Waals surface area contributed by atoms with Gasteiger partial charge in [-0.05, 0) is 25.2 Å². The van der Waals surface area contributed by atoms with E-state index in [-0.39, 0.29) is 12.5 Å². The van der Waals surface area contributed by atoms with Crippen molar-refractivity contribution in [2.24, 2.45) is 5.92 Å². The van der Waals surface area contributed by atoms with Gasteiger partial charge in [0, 0.05) is 25.8 Å². The van der Waals surface area contributed by atoms with Crippen molar-refractivity contribution in [3.05, 3.63) is 12.4 Å². The number of hydrogen-bond donors (Lipinski definition) is 3. The zero-order valence-corrected chi connectivity index (χ0v) is 13.6. The lowest BCUT2D eigenvalue weighted by Gasteiger charge is -2.32. The average Bonchev–Trinajstić information content (AvgIpc) is 2.58. The highest BCUT2D eigenvalue weighted by Crippen LogP contribution is 2.23. The molecular weight excluding hydrogens is 296 g/mol. The van der Waals surface area contributed by atoms with E-state index in [1.54, 1.807) is 6.07 Å². The maximum atomic E-state index is 11.3. The third-order valence-corrected chi connectivity index (χ3v) is 4.22. The number of rotatable bonds is 8. The summed E-state index contributed by atoms with van der Waals surface area (Å²) in [5, 5.41) is 21.6. The zero-order valence-electron chi connectivity index (χ0n) is 13.6. The largest absolute Gasteiger partial charge is 0.480 e. The Balaban J connectivity index is 2.05. The molecule has 7 heteroatoms. The fourth-order valence-corrected chi connectivity index (χ4v) is 2.87. The van der Waals surface area contributed by atoms with Gasteiger partial charge >= 0.3 is 5.97 Å². The molecule has 2 unspecified atom stereocenters. The maximum absolute atomic E-state index is 11.3. The molecule has 1 aliphatic rings. The van der Waals surface area contributed by atoms with Gasteiger partial charge in [-0.15, -0.1) is 0 Å². The summed E-state index contributed by atoms with van der Waals surface area (Å²) in [5.74, 6) is 0.716. The van der Waals surface area contributed by atoms with Crippen molar-refractivity contribution in [2.45, 2.75) is 45.1 Å². The van der Waals surface area contributed by atoms with Crippen molar-refractivity contribution in [1.82, 2.24) is 9.97 Å². The van der Waals surface area contributed by atoms with Gasteiger partial charge in [0.05, 0.1) is 0 Å². The van der Waals surface area contributed by atoms with E-state index in [0.717, 1.165) is 44.6 Å². The van der Waals surface area contributed by atoms with Gasteiger partial charge in [-0.3, -0.25) is 0 Å². The first-order valence-corrected chi connectivity index (χ1v) is 8.31. The van der Waals surface area contributed by atoms with Crippen molar-refractivity contribution in [1.29, 1.82) is 0 Å². The van der Waals surface area contributed by atoms with E-state index in [9.17, 15) is 15.0 Å². The molecule has 0 aliphatic carbocycles. The van der Waals surface area contributed by atoms with Crippen LogP contribution < -0.4 is 10.2 Å². The molecule has 2 rings (SSSR count). The average molecular weight is 322 g/mol. The topological polar surface area (TPSA) is 98.6 Å². The Morgan fingerprint density at radius 2 is 2.35 bits per heavy atom. The first kappa shape index (κ1) is 17.5. The van der Waals surface area contributed by atoms with Gasteiger partial charge in [0.25, 0.3) is 0 Å². The van der Waals surface area contributed by atoms with E-state index in [1.165, 1.54) is 6.33 Å². The van der Waals surface area contributed by atoms with E-state index in [2.05, 4.69) is 20.2 Å². The van der Waals surface area contributed by atoms with Crippen LogP contribution in [0.25, 0.3) is 0 Å². The molecule has 1 aromatic heterocycles. The molecule has 1 saturated heterocycles. The molecule has 0 amide bonds. The van der Waals surface area contributed by atoms with Gasteiger partial charge < -0.3 is 20.4 Å². The lowest BCUT2D eigenvalue weighted by Crippen LogP contribution is -2.37. The molecule has 1 fully saturated rings. The minimum Gasteiger partial charge on any atom is -0.480 e. The van der Waals surface area contributed by atoms with Crippen LogP contribution >= 0.6 is 0 Å². The summed E-state index contributed by atoms with van der Waals surface area (Å²) in [4.78, 5) is 21.9. The van der Waals surface area contributed by atoms with Crippen LogP contribution in [0.5, 0.6) is 0 Å². The van der Waals surface area contributed by atoms with E-state index in [4.69, 9.17) is 0 Å². The highest BCUT2D eigenvalue weighted by molar-refractivity contribution is 5.77. The smallest absolute Gasteiger partial charge is 0.326 e. The summed E-state index contributed by atoms with van der Waals surface area (Å²) >= 11 is 0. The minimum atomic E-state index is -0.864. The Hall–Kier alpha value is -1.89. The second-order valence-electron chi connectivity index (χ2n) is 6.08. The number of anilines is 2. The molecule has 0 spiro atoms. The molecule has 0 bridgehead atoms. The van der Waals surface area contributed by atoms with Gasteiger partial charge in [0.2, 0.25) is 0 Å². The molecule has 2 atom stereocenters. The molecule has 23 heavy (non-hydrogen) atoms. The van der Waals surface area contributed by atoms with E-state index in [1.807, 2.05) is 6.92 Å². The first-order chi connectivity index (χ1) is 11.1. The molecular formula is C16H26N4O3. The summed E-state index contributed by atoms with van der Waals surface area (Å²) in [6.45, 7) is 3.89. The Labute approximate surface area is 136 Å². The highest BCUT2D eigenvalue weighted by Gasteiger charge is 2.21. The van der Waals surface area contributed by atoms with Gasteiger partial charge in [0.15, 0.2) is 0 Å². The number of carboxylic acids is 1. The highest BCUT2D eigenvalue weighted by atomic mass is 16.4. The molecule has 1 aliphatic heterocycles. The zero-order chi connectivity index (χ0) is 16.7. The van der Waals surface area contributed by atoms with E-state index < -0.39 is 12.0 Å². The number of aliphatic hydroxyl groups is 1. The van der Waals surface area contributed by atoms with Crippen molar-refractivity contribution < 1.29 is 15.0 Å². The van der Waals surface area contributed by atoms with Crippen LogP contribution in [0.2, 0.25) is 0 Å². The number of nitrogens with one attached hydrogen (secondary N) is 1. The number of aromatic nitrogens is 2. The van der Waals surface area contributed by atoms with Crippen LogP contribution in [0.1, 0.15) is 39.0 Å². The number of carbonyl (C=O) groups is 1. The number of hydrogen-bond acceptors (Lipinski definition) is 6. The number of aliphatic carboxylic acids is 1. The van der Waals surface area contributed by atoms with Gasteiger partial charge in [-0.25, -0.2) is 14.8 Å². The van der Waals surface area contributed by atoms with Crippen LogP contribution in [0.15, 0.2) is 12.4 Å². The number of nitrogens with zero attached hydrogens (tertiary/aromatic N) is 3. The third-order valence-electron chi connectivity index (χ3n) is 4.22. The second-order valence-corrected chi connectivity index (χ2v) is 6.08. The first-order valence-electron chi connectivity index (χ1n) is 8.31. The van der Waals surface area contributed by atoms with Crippen LogP contribution in [0, 0.1) is 5.92 Å². The quantitative estimate of drug-likeness (QED) is 0.670. The summed E-state index contributed by atoms with van der Waals surface area (Å²) < 4.78 is 0. The summed E-state index contributed by atoms with van der Waals surface area (Å²) in [6, 6.07) is 1.16. The molecule has 0 radical (unpaired) electrons. The molecule has 0 saturated carbocycles. The van der Waals surface area contributed by atoms with Crippen molar-refractivity contribution >= 4 is 17.6 Å². The fraction of sp³-hybridized carbons (Fsp3) is 0.688. The number of piperidine rings is 1. The fourth-order valence-electron chi connectivity index (χ4n) is 2.87. The van der Waals surface area contributed by atoms with Crippen molar-refractivity contribution in [2.75, 3.05) is 29.9 Å². The summed E-state index contributed by atoms with van der Waals surface area (Å²) in [6.07, 6.45) is 5.89. The van der Waals surface area contributed by atoms with Crippen LogP contribution in [0.3, 0.4) is 0 Å². The SMILES string of the molecule is CCCCC(Nc1cc(N2CCCC(CO)C2)ncn1)C(=O)O. The summed E-state index contributed by atoms with van der Waals surface area (Å²) in [5.41, 5.74) is 0. The minimum absolute atomic E-state index is 0.185. The van der Waals surface area contributed by atoms with E-state index >= 15 is 0 Å². The monoisotopic (exact) mass is 322 g/mol. The Morgan fingerprint density at radius 1 is 1.52 bits per heavy atom. The second kappa shape index (κ2) is 8.67. The Bertz CT molecular complexity index is 512. The van der Waals surface area contributed by atoms with Crippen LogP contribution in [0.4, 0.5) is 11.6 Å².